The minimum Gasteiger partial charge on any atom is -0.300 e. The summed E-state index contributed by atoms with van der Waals surface area (Å²) in [5.74, 6) is 0. The van der Waals surface area contributed by atoms with Crippen LogP contribution in [0.1, 0.15) is 19.3 Å². The molecule has 1 aromatic heterocycles. The van der Waals surface area contributed by atoms with Gasteiger partial charge in [0, 0.05) is 19.1 Å². The average Bonchev–Trinajstić information content (AvgIpc) is 2.94. The van der Waals surface area contributed by atoms with E-state index in [1.54, 1.807) is 22.5 Å². The van der Waals surface area contributed by atoms with Gasteiger partial charge in [-0.15, -0.1) is 0 Å². The molecule has 3 heterocycles. The van der Waals surface area contributed by atoms with Crippen LogP contribution in [0.5, 0.6) is 0 Å². The van der Waals surface area contributed by atoms with Crippen LogP contribution in [0.4, 0.5) is 0 Å². The van der Waals surface area contributed by atoms with E-state index in [4.69, 9.17) is 0 Å². The zero-order valence-electron chi connectivity index (χ0n) is 12.2. The van der Waals surface area contributed by atoms with Gasteiger partial charge in [-0.2, -0.15) is 13.1 Å². The molecule has 0 unspecified atom stereocenters. The number of benzene rings is 1. The fraction of sp³-hybridized carbons (Fsp3) is 0.571. The van der Waals surface area contributed by atoms with Gasteiger partial charge in [-0.05, 0) is 44.5 Å². The Kier molecular flexibility index (Phi) is 3.64. The molecule has 22 heavy (non-hydrogen) atoms. The van der Waals surface area contributed by atoms with Gasteiger partial charge in [0.1, 0.15) is 15.9 Å². The van der Waals surface area contributed by atoms with Crippen LogP contribution in [-0.4, -0.2) is 58.6 Å². The van der Waals surface area contributed by atoms with Gasteiger partial charge in [0.05, 0.1) is 11.7 Å². The highest BCUT2D eigenvalue weighted by atomic mass is 32.2. The van der Waals surface area contributed by atoms with Crippen molar-refractivity contribution in [3.8, 4) is 0 Å². The van der Waals surface area contributed by atoms with Crippen molar-refractivity contribution in [3.63, 3.8) is 0 Å². The Hall–Kier alpha value is -1.09. The van der Waals surface area contributed by atoms with E-state index in [2.05, 4.69) is 13.6 Å². The fourth-order valence-electron chi connectivity index (χ4n) is 3.28. The topological polar surface area (TPSA) is 66.4 Å². The lowest BCUT2D eigenvalue weighted by Crippen LogP contribution is -2.51. The van der Waals surface area contributed by atoms with Gasteiger partial charge >= 0.3 is 0 Å². The molecule has 2 fully saturated rings. The molecule has 2 aliphatic rings. The van der Waals surface area contributed by atoms with Crippen molar-refractivity contribution in [3.05, 3.63) is 18.2 Å². The quantitative estimate of drug-likeness (QED) is 0.849. The van der Waals surface area contributed by atoms with E-state index >= 15 is 0 Å². The molecule has 0 aliphatic carbocycles. The van der Waals surface area contributed by atoms with Crippen LogP contribution >= 0.6 is 11.7 Å². The van der Waals surface area contributed by atoms with Crippen molar-refractivity contribution in [2.24, 2.45) is 0 Å². The Balaban J connectivity index is 1.57. The molecule has 4 rings (SSSR count). The van der Waals surface area contributed by atoms with Crippen LogP contribution in [-0.2, 0) is 10.0 Å². The number of rotatable bonds is 3. The molecule has 2 saturated heterocycles. The summed E-state index contributed by atoms with van der Waals surface area (Å²) >= 11 is 1.06. The van der Waals surface area contributed by atoms with Crippen LogP contribution in [0.3, 0.4) is 0 Å². The summed E-state index contributed by atoms with van der Waals surface area (Å²) < 4.78 is 35.7. The van der Waals surface area contributed by atoms with E-state index < -0.39 is 10.0 Å². The Morgan fingerprint density at radius 3 is 2.55 bits per heavy atom. The Morgan fingerprint density at radius 1 is 1.09 bits per heavy atom. The van der Waals surface area contributed by atoms with Crippen molar-refractivity contribution in [1.82, 2.24) is 18.0 Å². The van der Waals surface area contributed by atoms with Gasteiger partial charge in [0.15, 0.2) is 0 Å². The van der Waals surface area contributed by atoms with E-state index in [0.29, 0.717) is 35.1 Å². The van der Waals surface area contributed by atoms with Crippen molar-refractivity contribution in [2.75, 3.05) is 26.2 Å². The maximum atomic E-state index is 12.9. The number of piperidine rings is 1. The molecule has 2 aromatic rings. The van der Waals surface area contributed by atoms with Gasteiger partial charge in [0.2, 0.25) is 10.0 Å². The molecule has 6 nitrogen and oxygen atoms in total. The van der Waals surface area contributed by atoms with E-state index in [0.717, 1.165) is 24.6 Å². The Bertz CT molecular complexity index is 777. The third-order valence-corrected chi connectivity index (χ3v) is 7.17. The Labute approximate surface area is 134 Å². The summed E-state index contributed by atoms with van der Waals surface area (Å²) in [6, 6.07) is 5.73. The number of aromatic nitrogens is 2. The molecule has 2 aliphatic heterocycles. The number of nitrogens with zero attached hydrogens (tertiary/aromatic N) is 4. The summed E-state index contributed by atoms with van der Waals surface area (Å²) in [7, 11) is -3.48. The molecule has 8 heteroatoms. The van der Waals surface area contributed by atoms with Gasteiger partial charge < -0.3 is 4.90 Å². The first kappa shape index (κ1) is 14.5. The first-order valence-electron chi connectivity index (χ1n) is 7.62. The largest absolute Gasteiger partial charge is 0.300 e. The van der Waals surface area contributed by atoms with Gasteiger partial charge in [-0.1, -0.05) is 6.07 Å². The van der Waals surface area contributed by atoms with Crippen LogP contribution in [0, 0.1) is 0 Å². The molecular formula is C14H18N4O2S2. The molecule has 0 bridgehead atoms. The lowest BCUT2D eigenvalue weighted by Gasteiger charge is -2.42. The standard InChI is InChI=1S/C14H18N4O2S2/c19-22(20,13-4-1-3-12-14(13)16-21-15-12)18-9-5-11(6-10-18)17-7-2-8-17/h1,3-4,11H,2,5-10H2. The molecule has 0 radical (unpaired) electrons. The highest BCUT2D eigenvalue weighted by molar-refractivity contribution is 7.89. The van der Waals surface area contributed by atoms with Crippen LogP contribution in [0.2, 0.25) is 0 Å². The molecule has 0 amide bonds. The molecular weight excluding hydrogens is 320 g/mol. The highest BCUT2D eigenvalue weighted by Gasteiger charge is 2.34. The second-order valence-corrected chi connectivity index (χ2v) is 8.35. The number of likely N-dealkylation sites (tertiary alicyclic amines) is 1. The highest BCUT2D eigenvalue weighted by Crippen LogP contribution is 2.28. The molecule has 0 N–H and O–H groups in total. The maximum absolute atomic E-state index is 12.9. The average molecular weight is 338 g/mol. The number of hydrogen-bond acceptors (Lipinski definition) is 6. The maximum Gasteiger partial charge on any atom is 0.245 e. The summed E-state index contributed by atoms with van der Waals surface area (Å²) in [5, 5.41) is 0. The molecule has 0 saturated carbocycles. The number of hydrogen-bond donors (Lipinski definition) is 0. The normalized spacial score (nSPS) is 22.0. The van der Waals surface area contributed by atoms with Crippen molar-refractivity contribution < 1.29 is 8.42 Å². The number of fused-ring (bicyclic) bond motifs is 1. The predicted octanol–water partition coefficient (Wildman–Crippen LogP) is 1.55. The lowest BCUT2D eigenvalue weighted by molar-refractivity contribution is 0.0818. The predicted molar refractivity (Wildman–Crippen MR) is 85.4 cm³/mol. The van der Waals surface area contributed by atoms with Crippen molar-refractivity contribution in [2.45, 2.75) is 30.2 Å². The molecule has 1 aromatic carbocycles. The van der Waals surface area contributed by atoms with E-state index in [-0.39, 0.29) is 0 Å². The summed E-state index contributed by atoms with van der Waals surface area (Å²) in [5.41, 5.74) is 1.15. The van der Waals surface area contributed by atoms with Crippen LogP contribution < -0.4 is 0 Å². The molecule has 0 spiro atoms. The number of sulfonamides is 1. The summed E-state index contributed by atoms with van der Waals surface area (Å²) in [6.07, 6.45) is 3.12. The third-order valence-electron chi connectivity index (χ3n) is 4.70. The monoisotopic (exact) mass is 338 g/mol. The van der Waals surface area contributed by atoms with Crippen LogP contribution in [0.25, 0.3) is 11.0 Å². The second-order valence-electron chi connectivity index (χ2n) is 5.91. The third kappa shape index (κ3) is 2.34. The minimum absolute atomic E-state index is 0.293. The summed E-state index contributed by atoms with van der Waals surface area (Å²) in [6.45, 7) is 3.53. The minimum atomic E-state index is -3.48. The smallest absolute Gasteiger partial charge is 0.245 e. The van der Waals surface area contributed by atoms with E-state index in [1.807, 2.05) is 0 Å². The first-order valence-corrected chi connectivity index (χ1v) is 9.79. The molecule has 118 valence electrons. The van der Waals surface area contributed by atoms with E-state index in [1.165, 1.54) is 19.5 Å². The van der Waals surface area contributed by atoms with Gasteiger partial charge in [-0.3, -0.25) is 0 Å². The van der Waals surface area contributed by atoms with Gasteiger partial charge in [-0.25, -0.2) is 8.42 Å². The summed E-state index contributed by atoms with van der Waals surface area (Å²) in [4.78, 5) is 2.76. The lowest BCUT2D eigenvalue weighted by atomic mass is 10.0. The molecule has 0 atom stereocenters. The van der Waals surface area contributed by atoms with Gasteiger partial charge in [0.25, 0.3) is 0 Å². The van der Waals surface area contributed by atoms with Crippen molar-refractivity contribution in [1.29, 1.82) is 0 Å². The SMILES string of the molecule is O=S(=O)(c1cccc2nsnc12)N1CCC(N2CCC2)CC1. The zero-order valence-corrected chi connectivity index (χ0v) is 13.8. The zero-order chi connectivity index (χ0) is 15.2. The second kappa shape index (κ2) is 5.52. The van der Waals surface area contributed by atoms with Crippen molar-refractivity contribution >= 4 is 32.8 Å². The van der Waals surface area contributed by atoms with E-state index in [9.17, 15) is 8.42 Å². The first-order chi connectivity index (χ1) is 10.7. The Morgan fingerprint density at radius 2 is 1.86 bits per heavy atom. The fourth-order valence-corrected chi connectivity index (χ4v) is 5.50. The van der Waals surface area contributed by atoms with Crippen LogP contribution in [0.15, 0.2) is 23.1 Å².